The molecule has 6 nitrogen and oxygen atoms in total. The Morgan fingerprint density at radius 1 is 1.06 bits per heavy atom. The van der Waals surface area contributed by atoms with Crippen LogP contribution in [-0.4, -0.2) is 21.0 Å². The highest BCUT2D eigenvalue weighted by molar-refractivity contribution is 8.18. The maximum absolute atomic E-state index is 13.3. The molecule has 0 atom stereocenters. The summed E-state index contributed by atoms with van der Waals surface area (Å²) in [5, 5.41) is 11.8. The van der Waals surface area contributed by atoms with E-state index in [1.54, 1.807) is 36.4 Å². The van der Waals surface area contributed by atoms with Crippen molar-refractivity contribution in [2.45, 2.75) is 16.3 Å². The van der Waals surface area contributed by atoms with Crippen LogP contribution in [0.1, 0.15) is 11.1 Å². The molecule has 2 amide bonds. The molecule has 0 saturated carbocycles. The molecule has 0 bridgehead atoms. The van der Waals surface area contributed by atoms with Crippen LogP contribution < -0.4 is 0 Å². The van der Waals surface area contributed by atoms with Crippen molar-refractivity contribution in [2.24, 2.45) is 0 Å². The standard InChI is InChI=1S/C23H13Cl2FN2O4S2/c24-15-3-6-17(7-4-15)33-20-8-1-13(9-19(20)28(31)32)10-21-22(29)27(23(30)34-21)12-14-2-5-16(26)11-18(14)25/h1-11H,12H2/b21-10-. The van der Waals surface area contributed by atoms with E-state index < -0.39 is 21.9 Å². The fourth-order valence-electron chi connectivity index (χ4n) is 3.09. The lowest BCUT2D eigenvalue weighted by molar-refractivity contribution is -0.387. The summed E-state index contributed by atoms with van der Waals surface area (Å²) in [5.41, 5.74) is 0.689. The normalized spacial score (nSPS) is 14.8. The van der Waals surface area contributed by atoms with E-state index in [1.807, 2.05) is 0 Å². The Labute approximate surface area is 211 Å². The summed E-state index contributed by atoms with van der Waals surface area (Å²) in [6.45, 7) is -0.113. The number of halogens is 3. The van der Waals surface area contributed by atoms with Crippen LogP contribution in [0.3, 0.4) is 0 Å². The first-order valence-corrected chi connectivity index (χ1v) is 12.0. The van der Waals surface area contributed by atoms with E-state index in [-0.39, 0.29) is 22.2 Å². The molecule has 0 spiro atoms. The van der Waals surface area contributed by atoms with E-state index in [0.717, 1.165) is 27.6 Å². The summed E-state index contributed by atoms with van der Waals surface area (Å²) < 4.78 is 13.3. The van der Waals surface area contributed by atoms with E-state index in [1.165, 1.54) is 36.0 Å². The molecule has 0 aliphatic carbocycles. The Hall–Kier alpha value is -2.85. The number of amides is 2. The monoisotopic (exact) mass is 534 g/mol. The van der Waals surface area contributed by atoms with Crippen LogP contribution in [-0.2, 0) is 11.3 Å². The van der Waals surface area contributed by atoms with Crippen molar-refractivity contribution in [3.63, 3.8) is 0 Å². The third-order valence-electron chi connectivity index (χ3n) is 4.74. The van der Waals surface area contributed by atoms with Gasteiger partial charge in [0.15, 0.2) is 0 Å². The van der Waals surface area contributed by atoms with Gasteiger partial charge in [-0.15, -0.1) is 0 Å². The van der Waals surface area contributed by atoms with Gasteiger partial charge in [0.1, 0.15) is 5.82 Å². The average molecular weight is 535 g/mol. The van der Waals surface area contributed by atoms with Crippen molar-refractivity contribution in [3.8, 4) is 0 Å². The minimum Gasteiger partial charge on any atom is -0.268 e. The molecule has 4 rings (SSSR count). The van der Waals surface area contributed by atoms with Crippen LogP contribution in [0.4, 0.5) is 14.9 Å². The second-order valence-electron chi connectivity index (χ2n) is 7.04. The highest BCUT2D eigenvalue weighted by Gasteiger charge is 2.35. The molecular formula is C23H13Cl2FN2O4S2. The van der Waals surface area contributed by atoms with Crippen LogP contribution in [0.25, 0.3) is 6.08 Å². The van der Waals surface area contributed by atoms with Crippen LogP contribution in [0.15, 0.2) is 75.4 Å². The molecule has 1 saturated heterocycles. The number of benzene rings is 3. The number of rotatable bonds is 6. The third kappa shape index (κ3) is 5.44. The van der Waals surface area contributed by atoms with Crippen molar-refractivity contribution < 1.29 is 18.9 Å². The largest absolute Gasteiger partial charge is 0.293 e. The number of nitro groups is 1. The first kappa shape index (κ1) is 24.3. The second-order valence-corrected chi connectivity index (χ2v) is 10.00. The lowest BCUT2D eigenvalue weighted by atomic mass is 10.1. The maximum atomic E-state index is 13.3. The zero-order valence-corrected chi connectivity index (χ0v) is 20.2. The second kappa shape index (κ2) is 10.2. The SMILES string of the molecule is O=C1S/C(=C\c2ccc(Sc3ccc(Cl)cc3)c([N+](=O)[O-])c2)C(=O)N1Cc1ccc(F)cc1Cl. The summed E-state index contributed by atoms with van der Waals surface area (Å²) in [7, 11) is 0. The Kier molecular flexibility index (Phi) is 7.27. The van der Waals surface area contributed by atoms with E-state index in [2.05, 4.69) is 0 Å². The molecule has 0 radical (unpaired) electrons. The number of thioether (sulfide) groups is 1. The highest BCUT2D eigenvalue weighted by Crippen LogP contribution is 2.38. The van der Waals surface area contributed by atoms with Crippen molar-refractivity contribution >= 4 is 69.6 Å². The minimum absolute atomic E-state index is 0.104. The number of carbonyl (C=O) groups excluding carboxylic acids is 2. The van der Waals surface area contributed by atoms with E-state index in [0.29, 0.717) is 21.0 Å². The Bertz CT molecular complexity index is 1350. The average Bonchev–Trinajstić information content (AvgIpc) is 3.05. The van der Waals surface area contributed by atoms with Crippen molar-refractivity contribution in [2.75, 3.05) is 0 Å². The van der Waals surface area contributed by atoms with E-state index in [4.69, 9.17) is 23.2 Å². The van der Waals surface area contributed by atoms with Crippen LogP contribution >= 0.6 is 46.7 Å². The summed E-state index contributed by atoms with van der Waals surface area (Å²) in [6, 6.07) is 15.2. The van der Waals surface area contributed by atoms with Gasteiger partial charge in [-0.2, -0.15) is 0 Å². The van der Waals surface area contributed by atoms with Gasteiger partial charge in [-0.05, 0) is 71.4 Å². The zero-order valence-electron chi connectivity index (χ0n) is 17.0. The summed E-state index contributed by atoms with van der Waals surface area (Å²) >= 11 is 13.8. The molecule has 0 aromatic heterocycles. The molecular weight excluding hydrogens is 522 g/mol. The first-order valence-electron chi connectivity index (χ1n) is 9.62. The molecule has 1 fully saturated rings. The van der Waals surface area contributed by atoms with Crippen LogP contribution in [0.5, 0.6) is 0 Å². The Morgan fingerprint density at radius 3 is 2.47 bits per heavy atom. The molecule has 3 aromatic carbocycles. The van der Waals surface area contributed by atoms with Crippen molar-refractivity contribution in [3.05, 3.63) is 103 Å². The Morgan fingerprint density at radius 2 is 1.79 bits per heavy atom. The van der Waals surface area contributed by atoms with Gasteiger partial charge in [0.05, 0.1) is 21.3 Å². The van der Waals surface area contributed by atoms with Gasteiger partial charge in [-0.1, -0.05) is 47.1 Å². The van der Waals surface area contributed by atoms with Gasteiger partial charge in [0.2, 0.25) is 0 Å². The molecule has 1 heterocycles. The number of carbonyl (C=O) groups is 2. The quantitative estimate of drug-likeness (QED) is 0.186. The van der Waals surface area contributed by atoms with Gasteiger partial charge in [-0.3, -0.25) is 24.6 Å². The number of hydrogen-bond acceptors (Lipinski definition) is 6. The predicted molar refractivity (Wildman–Crippen MR) is 132 cm³/mol. The highest BCUT2D eigenvalue weighted by atomic mass is 35.5. The fraction of sp³-hybridized carbons (Fsp3) is 0.0435. The third-order valence-corrected chi connectivity index (χ3v) is 7.32. The smallest absolute Gasteiger partial charge is 0.268 e. The number of hydrogen-bond donors (Lipinski definition) is 0. The molecule has 11 heteroatoms. The fourth-order valence-corrected chi connectivity index (χ4v) is 5.18. The van der Waals surface area contributed by atoms with Crippen LogP contribution in [0, 0.1) is 15.9 Å². The van der Waals surface area contributed by atoms with Gasteiger partial charge < -0.3 is 0 Å². The summed E-state index contributed by atoms with van der Waals surface area (Å²) in [5.74, 6) is -1.08. The maximum Gasteiger partial charge on any atom is 0.293 e. The summed E-state index contributed by atoms with van der Waals surface area (Å²) in [4.78, 5) is 38.7. The van der Waals surface area contributed by atoms with Gasteiger partial charge >= 0.3 is 0 Å². The molecule has 1 aliphatic heterocycles. The lowest BCUT2D eigenvalue weighted by Gasteiger charge is -2.13. The molecule has 0 N–H and O–H groups in total. The van der Waals surface area contributed by atoms with Gasteiger partial charge in [-0.25, -0.2) is 4.39 Å². The van der Waals surface area contributed by atoms with Gasteiger partial charge in [0, 0.05) is 21.0 Å². The predicted octanol–water partition coefficient (Wildman–Crippen LogP) is 7.43. The Balaban J connectivity index is 1.57. The van der Waals surface area contributed by atoms with Gasteiger partial charge in [0.25, 0.3) is 16.8 Å². The van der Waals surface area contributed by atoms with Crippen molar-refractivity contribution in [1.29, 1.82) is 0 Å². The zero-order chi connectivity index (χ0) is 24.4. The topological polar surface area (TPSA) is 80.5 Å². The molecule has 34 heavy (non-hydrogen) atoms. The number of imide groups is 1. The molecule has 3 aromatic rings. The lowest BCUT2D eigenvalue weighted by Crippen LogP contribution is -2.27. The van der Waals surface area contributed by atoms with E-state index in [9.17, 15) is 24.1 Å². The van der Waals surface area contributed by atoms with Crippen LogP contribution in [0.2, 0.25) is 10.0 Å². The molecule has 172 valence electrons. The van der Waals surface area contributed by atoms with Crippen molar-refractivity contribution in [1.82, 2.24) is 4.90 Å². The minimum atomic E-state index is -0.558. The molecule has 0 unspecified atom stereocenters. The van der Waals surface area contributed by atoms with E-state index >= 15 is 0 Å². The summed E-state index contributed by atoms with van der Waals surface area (Å²) in [6.07, 6.45) is 1.43. The molecule has 1 aliphatic rings. The number of nitro benzene ring substituents is 1. The first-order chi connectivity index (χ1) is 16.2. The number of nitrogens with zero attached hydrogens (tertiary/aromatic N) is 2.